The van der Waals surface area contributed by atoms with Crippen molar-refractivity contribution in [2.24, 2.45) is 0 Å². The van der Waals surface area contributed by atoms with Crippen LogP contribution in [0.2, 0.25) is 0 Å². The van der Waals surface area contributed by atoms with Gasteiger partial charge < -0.3 is 10.1 Å². The van der Waals surface area contributed by atoms with Crippen molar-refractivity contribution in [3.63, 3.8) is 0 Å². The molecule has 1 aromatic rings. The molecule has 0 amide bonds. The van der Waals surface area contributed by atoms with E-state index in [9.17, 15) is 0 Å². The smallest absolute Gasteiger partial charge is 0.0572 e. The Bertz CT molecular complexity index is 415. The molecule has 19 heavy (non-hydrogen) atoms. The van der Waals surface area contributed by atoms with Gasteiger partial charge in [-0.05, 0) is 49.5 Å². The Balaban J connectivity index is 1.62. The molecule has 0 aromatic heterocycles. The van der Waals surface area contributed by atoms with Gasteiger partial charge in [0.25, 0.3) is 0 Å². The second-order valence-electron chi connectivity index (χ2n) is 5.60. The summed E-state index contributed by atoms with van der Waals surface area (Å²) in [6.45, 7) is 0. The first-order valence-electron chi connectivity index (χ1n) is 7.37. The van der Waals surface area contributed by atoms with Gasteiger partial charge >= 0.3 is 0 Å². The van der Waals surface area contributed by atoms with E-state index < -0.39 is 0 Å². The third kappa shape index (κ3) is 3.15. The molecular weight excluding hydrogens is 254 g/mol. The zero-order valence-electron chi connectivity index (χ0n) is 11.6. The molecule has 2 nitrogen and oxygen atoms in total. The van der Waals surface area contributed by atoms with Gasteiger partial charge in [0.1, 0.15) is 0 Å². The summed E-state index contributed by atoms with van der Waals surface area (Å²) in [5.41, 5.74) is 1.51. The molecule has 1 unspecified atom stereocenters. The summed E-state index contributed by atoms with van der Waals surface area (Å²) in [5.74, 6) is 1.24. The molecule has 1 aliphatic carbocycles. The van der Waals surface area contributed by atoms with Crippen molar-refractivity contribution in [3.05, 3.63) is 29.8 Å². The normalized spacial score (nSPS) is 30.9. The monoisotopic (exact) mass is 277 g/mol. The lowest BCUT2D eigenvalue weighted by atomic mass is 9.91. The Kier molecular flexibility index (Phi) is 4.46. The van der Waals surface area contributed by atoms with E-state index >= 15 is 0 Å². The summed E-state index contributed by atoms with van der Waals surface area (Å²) < 4.78 is 5.45. The number of rotatable bonds is 3. The first-order chi connectivity index (χ1) is 9.36. The van der Waals surface area contributed by atoms with Crippen LogP contribution in [-0.4, -0.2) is 25.0 Å². The average molecular weight is 277 g/mol. The Morgan fingerprint density at radius 3 is 2.68 bits per heavy atom. The average Bonchev–Trinajstić information content (AvgIpc) is 2.48. The number of thioether (sulfide) groups is 1. The fourth-order valence-electron chi connectivity index (χ4n) is 3.26. The number of ether oxygens (including phenoxy) is 1. The summed E-state index contributed by atoms with van der Waals surface area (Å²) in [5, 5.41) is 3.89. The summed E-state index contributed by atoms with van der Waals surface area (Å²) in [7, 11) is 1.84. The first kappa shape index (κ1) is 13.5. The summed E-state index contributed by atoms with van der Waals surface area (Å²) in [6.07, 6.45) is 6.67. The van der Waals surface area contributed by atoms with Crippen LogP contribution < -0.4 is 5.32 Å². The zero-order valence-corrected chi connectivity index (χ0v) is 12.4. The molecule has 0 saturated heterocycles. The maximum atomic E-state index is 5.45. The molecule has 1 atom stereocenters. The second-order valence-corrected chi connectivity index (χ2v) is 6.74. The Morgan fingerprint density at radius 2 is 1.89 bits per heavy atom. The third-order valence-corrected chi connectivity index (χ3v) is 5.53. The van der Waals surface area contributed by atoms with Crippen molar-refractivity contribution in [1.82, 2.24) is 5.32 Å². The van der Waals surface area contributed by atoms with Crippen molar-refractivity contribution >= 4 is 11.8 Å². The minimum atomic E-state index is 0.493. The number of hydrogen-bond donors (Lipinski definition) is 1. The van der Waals surface area contributed by atoms with Gasteiger partial charge in [-0.15, -0.1) is 11.8 Å². The maximum Gasteiger partial charge on any atom is 0.0572 e. The SMILES string of the molecule is COC1CCC(NC2CCSc3ccccc32)CC1. The summed E-state index contributed by atoms with van der Waals surface area (Å²) >= 11 is 2.00. The molecule has 1 aromatic carbocycles. The van der Waals surface area contributed by atoms with Crippen LogP contribution in [0.5, 0.6) is 0 Å². The predicted octanol–water partition coefficient (Wildman–Crippen LogP) is 3.77. The molecule has 104 valence electrons. The maximum absolute atomic E-state index is 5.45. The standard InChI is InChI=1S/C16H23NOS/c1-18-13-8-6-12(7-9-13)17-15-10-11-19-16-5-3-2-4-14(15)16/h2-5,12-13,15,17H,6-11H2,1H3. The van der Waals surface area contributed by atoms with Crippen LogP contribution in [0.1, 0.15) is 43.7 Å². The highest BCUT2D eigenvalue weighted by Crippen LogP contribution is 2.36. The Hall–Kier alpha value is -0.510. The largest absolute Gasteiger partial charge is 0.381 e. The van der Waals surface area contributed by atoms with Gasteiger partial charge in [-0.3, -0.25) is 0 Å². The third-order valence-electron chi connectivity index (χ3n) is 4.40. The lowest BCUT2D eigenvalue weighted by molar-refractivity contribution is 0.0610. The lowest BCUT2D eigenvalue weighted by Gasteiger charge is -2.34. The molecule has 0 spiro atoms. The minimum absolute atomic E-state index is 0.493. The van der Waals surface area contributed by atoms with Crippen LogP contribution in [0, 0.1) is 0 Å². The van der Waals surface area contributed by atoms with Crippen LogP contribution in [0.3, 0.4) is 0 Å². The van der Waals surface area contributed by atoms with Crippen LogP contribution in [0.25, 0.3) is 0 Å². The molecule has 2 aliphatic rings. The topological polar surface area (TPSA) is 21.3 Å². The molecule has 1 heterocycles. The van der Waals surface area contributed by atoms with Gasteiger partial charge in [-0.1, -0.05) is 18.2 Å². The van der Waals surface area contributed by atoms with E-state index in [1.54, 1.807) is 0 Å². The number of fused-ring (bicyclic) bond motifs is 1. The molecule has 1 N–H and O–H groups in total. The van der Waals surface area contributed by atoms with Crippen molar-refractivity contribution < 1.29 is 4.74 Å². The van der Waals surface area contributed by atoms with Crippen molar-refractivity contribution in [1.29, 1.82) is 0 Å². The van der Waals surface area contributed by atoms with E-state index in [2.05, 4.69) is 29.6 Å². The van der Waals surface area contributed by atoms with E-state index in [-0.39, 0.29) is 0 Å². The van der Waals surface area contributed by atoms with E-state index in [1.165, 1.54) is 48.3 Å². The molecule has 1 saturated carbocycles. The van der Waals surface area contributed by atoms with Gasteiger partial charge in [0.2, 0.25) is 0 Å². The highest BCUT2D eigenvalue weighted by molar-refractivity contribution is 7.99. The van der Waals surface area contributed by atoms with Gasteiger partial charge in [0, 0.05) is 24.1 Å². The molecule has 1 aliphatic heterocycles. The van der Waals surface area contributed by atoms with Gasteiger partial charge in [0.15, 0.2) is 0 Å². The van der Waals surface area contributed by atoms with E-state index in [1.807, 2.05) is 18.9 Å². The van der Waals surface area contributed by atoms with Crippen LogP contribution in [0.15, 0.2) is 29.2 Å². The van der Waals surface area contributed by atoms with Crippen molar-refractivity contribution in [2.75, 3.05) is 12.9 Å². The Morgan fingerprint density at radius 1 is 1.11 bits per heavy atom. The second kappa shape index (κ2) is 6.29. The molecular formula is C16H23NOS. The molecule has 3 heteroatoms. The molecule has 1 fully saturated rings. The van der Waals surface area contributed by atoms with Gasteiger partial charge in [-0.2, -0.15) is 0 Å². The van der Waals surface area contributed by atoms with E-state index in [0.717, 1.165) is 0 Å². The molecule has 3 rings (SSSR count). The van der Waals surface area contributed by atoms with Crippen molar-refractivity contribution in [2.45, 2.75) is 55.2 Å². The number of hydrogen-bond acceptors (Lipinski definition) is 3. The molecule has 0 bridgehead atoms. The zero-order chi connectivity index (χ0) is 13.1. The van der Waals surface area contributed by atoms with Crippen LogP contribution >= 0.6 is 11.8 Å². The summed E-state index contributed by atoms with van der Waals surface area (Å²) in [4.78, 5) is 1.47. The van der Waals surface area contributed by atoms with Gasteiger partial charge in [0.05, 0.1) is 6.10 Å². The van der Waals surface area contributed by atoms with E-state index in [0.29, 0.717) is 18.2 Å². The van der Waals surface area contributed by atoms with Crippen LogP contribution in [-0.2, 0) is 4.74 Å². The van der Waals surface area contributed by atoms with Crippen LogP contribution in [0.4, 0.5) is 0 Å². The quantitative estimate of drug-likeness (QED) is 0.908. The predicted molar refractivity (Wildman–Crippen MR) is 80.7 cm³/mol. The molecule has 0 radical (unpaired) electrons. The fraction of sp³-hybridized carbons (Fsp3) is 0.625. The first-order valence-corrected chi connectivity index (χ1v) is 8.36. The lowest BCUT2D eigenvalue weighted by Crippen LogP contribution is -2.38. The fourth-order valence-corrected chi connectivity index (χ4v) is 4.39. The summed E-state index contributed by atoms with van der Waals surface area (Å²) in [6, 6.07) is 10.1. The minimum Gasteiger partial charge on any atom is -0.381 e. The highest BCUT2D eigenvalue weighted by atomic mass is 32.2. The highest BCUT2D eigenvalue weighted by Gasteiger charge is 2.26. The van der Waals surface area contributed by atoms with Crippen molar-refractivity contribution in [3.8, 4) is 0 Å². The Labute approximate surface area is 120 Å². The van der Waals surface area contributed by atoms with E-state index in [4.69, 9.17) is 4.74 Å². The van der Waals surface area contributed by atoms with Gasteiger partial charge in [-0.25, -0.2) is 0 Å². The number of nitrogens with one attached hydrogen (secondary N) is 1. The number of benzene rings is 1. The number of methoxy groups -OCH3 is 1.